The molecule has 1 aromatic carbocycles. The maximum absolute atomic E-state index is 10.6. The van der Waals surface area contributed by atoms with Gasteiger partial charge in [0.15, 0.2) is 11.5 Å². The average Bonchev–Trinajstić information content (AvgIpc) is 2.78. The van der Waals surface area contributed by atoms with E-state index in [2.05, 4.69) is 17.0 Å². The van der Waals surface area contributed by atoms with Gasteiger partial charge in [-0.15, -0.1) is 0 Å². The van der Waals surface area contributed by atoms with Gasteiger partial charge in [0.05, 0.1) is 0 Å². The minimum atomic E-state index is -0.714. The Bertz CT molecular complexity index is 480. The zero-order chi connectivity index (χ0) is 13.9. The van der Waals surface area contributed by atoms with Crippen LogP contribution in [0.5, 0.6) is 11.5 Å². The number of hydrogen-bond donors (Lipinski definition) is 1. The van der Waals surface area contributed by atoms with E-state index in [0.29, 0.717) is 13.2 Å². The summed E-state index contributed by atoms with van der Waals surface area (Å²) >= 11 is 0. The van der Waals surface area contributed by atoms with Crippen molar-refractivity contribution in [2.24, 2.45) is 0 Å². The molecule has 1 aromatic rings. The number of carboxylic acids is 1. The van der Waals surface area contributed by atoms with Crippen LogP contribution in [-0.4, -0.2) is 42.4 Å². The molecule has 0 aromatic heterocycles. The fourth-order valence-electron chi connectivity index (χ4n) is 2.84. The molecular weight excluding hydrogens is 258 g/mol. The summed E-state index contributed by atoms with van der Waals surface area (Å²) < 4.78 is 10.8. The van der Waals surface area contributed by atoms with Crippen molar-refractivity contribution in [2.75, 3.05) is 26.4 Å². The predicted molar refractivity (Wildman–Crippen MR) is 73.3 cm³/mol. The van der Waals surface area contributed by atoms with Gasteiger partial charge in [0.25, 0.3) is 0 Å². The van der Waals surface area contributed by atoms with E-state index in [1.165, 1.54) is 11.1 Å². The molecule has 5 heteroatoms. The number of rotatable bonds is 4. The lowest BCUT2D eigenvalue weighted by Gasteiger charge is -2.18. The van der Waals surface area contributed by atoms with E-state index >= 15 is 0 Å². The maximum Gasteiger partial charge on any atom is 0.303 e. The average molecular weight is 277 g/mol. The molecule has 0 aliphatic carbocycles. The highest BCUT2D eigenvalue weighted by Gasteiger charge is 2.20. The largest absolute Gasteiger partial charge is 0.481 e. The van der Waals surface area contributed by atoms with Crippen LogP contribution in [0.1, 0.15) is 24.0 Å². The first-order valence-electron chi connectivity index (χ1n) is 7.08. The fraction of sp³-hybridized carbons (Fsp3) is 0.533. The molecule has 2 heterocycles. The highest BCUT2D eigenvalue weighted by Crippen LogP contribution is 2.35. The Morgan fingerprint density at radius 1 is 1.15 bits per heavy atom. The lowest BCUT2D eigenvalue weighted by atomic mass is 10.0. The molecule has 0 unspecified atom stereocenters. The molecule has 0 atom stereocenters. The van der Waals surface area contributed by atoms with Crippen LogP contribution in [0.3, 0.4) is 0 Å². The van der Waals surface area contributed by atoms with Crippen molar-refractivity contribution in [3.8, 4) is 11.5 Å². The van der Waals surface area contributed by atoms with Crippen LogP contribution in [0.4, 0.5) is 0 Å². The van der Waals surface area contributed by atoms with Crippen molar-refractivity contribution >= 4 is 5.97 Å². The third-order valence-corrected chi connectivity index (χ3v) is 3.95. The van der Waals surface area contributed by atoms with Crippen molar-refractivity contribution in [1.29, 1.82) is 0 Å². The predicted octanol–water partition coefficient (Wildman–Crippen LogP) is 1.68. The zero-order valence-electron chi connectivity index (χ0n) is 11.4. The lowest BCUT2D eigenvalue weighted by Crippen LogP contribution is -2.27. The van der Waals surface area contributed by atoms with Gasteiger partial charge < -0.3 is 19.5 Å². The first kappa shape index (κ1) is 13.2. The smallest absolute Gasteiger partial charge is 0.303 e. The summed E-state index contributed by atoms with van der Waals surface area (Å²) in [6.07, 6.45) is 2.94. The van der Waals surface area contributed by atoms with Crippen LogP contribution in [0.15, 0.2) is 12.1 Å². The summed E-state index contributed by atoms with van der Waals surface area (Å²) in [5.41, 5.74) is 2.66. The highest BCUT2D eigenvalue weighted by molar-refractivity contribution is 5.66. The molecule has 5 nitrogen and oxygen atoms in total. The van der Waals surface area contributed by atoms with E-state index in [9.17, 15) is 4.79 Å². The molecule has 0 spiro atoms. The Hall–Kier alpha value is -1.75. The van der Waals surface area contributed by atoms with E-state index in [-0.39, 0.29) is 6.42 Å². The van der Waals surface area contributed by atoms with Crippen LogP contribution < -0.4 is 9.47 Å². The normalized spacial score (nSPS) is 17.6. The number of nitrogens with zero attached hydrogens (tertiary/aromatic N) is 1. The topological polar surface area (TPSA) is 59.0 Å². The second-order valence-corrected chi connectivity index (χ2v) is 5.31. The second-order valence-electron chi connectivity index (χ2n) is 5.31. The first-order chi connectivity index (χ1) is 9.72. The zero-order valence-corrected chi connectivity index (χ0v) is 11.4. The van der Waals surface area contributed by atoms with Crippen LogP contribution in [-0.2, 0) is 17.6 Å². The van der Waals surface area contributed by atoms with Gasteiger partial charge in [-0.1, -0.05) is 0 Å². The molecule has 0 saturated carbocycles. The van der Waals surface area contributed by atoms with E-state index < -0.39 is 5.97 Å². The number of carboxylic acid groups (broad SMARTS) is 1. The summed E-state index contributed by atoms with van der Waals surface area (Å²) in [7, 11) is 0. The van der Waals surface area contributed by atoms with Crippen molar-refractivity contribution < 1.29 is 19.4 Å². The molecule has 0 bridgehead atoms. The third kappa shape index (κ3) is 2.88. The molecule has 3 rings (SSSR count). The quantitative estimate of drug-likeness (QED) is 0.907. The SMILES string of the molecule is O=C(O)CCCN1CCc2cc3c(cc2CC1)OCO3. The highest BCUT2D eigenvalue weighted by atomic mass is 16.7. The van der Waals surface area contributed by atoms with Crippen molar-refractivity contribution in [3.05, 3.63) is 23.3 Å². The van der Waals surface area contributed by atoms with Gasteiger partial charge in [-0.05, 0) is 49.1 Å². The minimum Gasteiger partial charge on any atom is -0.481 e. The Morgan fingerprint density at radius 3 is 2.30 bits per heavy atom. The van der Waals surface area contributed by atoms with Crippen LogP contribution in [0.25, 0.3) is 0 Å². The van der Waals surface area contributed by atoms with Crippen LogP contribution >= 0.6 is 0 Å². The van der Waals surface area contributed by atoms with Gasteiger partial charge in [0, 0.05) is 19.5 Å². The number of fused-ring (bicyclic) bond motifs is 2. The van der Waals surface area contributed by atoms with Gasteiger partial charge in [0.2, 0.25) is 6.79 Å². The molecule has 0 radical (unpaired) electrons. The van der Waals surface area contributed by atoms with Gasteiger partial charge in [-0.3, -0.25) is 4.79 Å². The molecule has 1 N–H and O–H groups in total. The first-order valence-corrected chi connectivity index (χ1v) is 7.08. The molecule has 2 aliphatic heterocycles. The van der Waals surface area contributed by atoms with Gasteiger partial charge in [0.1, 0.15) is 0 Å². The summed E-state index contributed by atoms with van der Waals surface area (Å²) in [5, 5.41) is 8.69. The summed E-state index contributed by atoms with van der Waals surface area (Å²) in [6, 6.07) is 4.19. The molecule has 0 fully saturated rings. The maximum atomic E-state index is 10.6. The van der Waals surface area contributed by atoms with Crippen molar-refractivity contribution in [3.63, 3.8) is 0 Å². The number of hydrogen-bond acceptors (Lipinski definition) is 4. The molecule has 20 heavy (non-hydrogen) atoms. The summed E-state index contributed by atoms with van der Waals surface area (Å²) in [6.45, 7) is 3.13. The number of carbonyl (C=O) groups is 1. The van der Waals surface area contributed by atoms with Crippen LogP contribution in [0, 0.1) is 0 Å². The van der Waals surface area contributed by atoms with E-state index in [1.54, 1.807) is 0 Å². The molecule has 2 aliphatic rings. The van der Waals surface area contributed by atoms with E-state index in [4.69, 9.17) is 14.6 Å². The Morgan fingerprint density at radius 2 is 1.75 bits per heavy atom. The lowest BCUT2D eigenvalue weighted by molar-refractivity contribution is -0.137. The standard InChI is InChI=1S/C15H19NO4/c17-15(18)2-1-5-16-6-3-11-8-13-14(20-10-19-13)9-12(11)4-7-16/h8-9H,1-7,10H2,(H,17,18). The Labute approximate surface area is 118 Å². The van der Waals surface area contributed by atoms with E-state index in [1.807, 2.05) is 0 Å². The fourth-order valence-corrected chi connectivity index (χ4v) is 2.84. The van der Waals surface area contributed by atoms with Gasteiger partial charge >= 0.3 is 5.97 Å². The van der Waals surface area contributed by atoms with Gasteiger partial charge in [-0.25, -0.2) is 0 Å². The van der Waals surface area contributed by atoms with E-state index in [0.717, 1.165) is 44.0 Å². The molecule has 0 saturated heterocycles. The number of ether oxygens (including phenoxy) is 2. The minimum absolute atomic E-state index is 0.249. The summed E-state index contributed by atoms with van der Waals surface area (Å²) in [5.74, 6) is 0.986. The monoisotopic (exact) mass is 277 g/mol. The van der Waals surface area contributed by atoms with Crippen molar-refractivity contribution in [2.45, 2.75) is 25.7 Å². The Kier molecular flexibility index (Phi) is 3.78. The Balaban J connectivity index is 1.62. The van der Waals surface area contributed by atoms with Crippen molar-refractivity contribution in [1.82, 2.24) is 4.90 Å². The molecule has 108 valence electrons. The second kappa shape index (κ2) is 5.71. The number of aliphatic carboxylic acids is 1. The van der Waals surface area contributed by atoms with Gasteiger partial charge in [-0.2, -0.15) is 0 Å². The molecular formula is C15H19NO4. The summed E-state index contributed by atoms with van der Waals surface area (Å²) in [4.78, 5) is 12.9. The molecule has 0 amide bonds. The van der Waals surface area contributed by atoms with Crippen LogP contribution in [0.2, 0.25) is 0 Å². The third-order valence-electron chi connectivity index (χ3n) is 3.95. The number of benzene rings is 1.